The molecule has 1 amide bonds. The predicted molar refractivity (Wildman–Crippen MR) is 112 cm³/mol. The average Bonchev–Trinajstić information content (AvgIpc) is 3.16. The van der Waals surface area contributed by atoms with Crippen molar-refractivity contribution in [1.29, 1.82) is 0 Å². The Hall–Kier alpha value is -2.74. The zero-order valence-electron chi connectivity index (χ0n) is 15.0. The number of carbonyl (C=O) groups is 1. The van der Waals surface area contributed by atoms with Gasteiger partial charge in [-0.2, -0.15) is 0 Å². The monoisotopic (exact) mass is 413 g/mol. The minimum atomic E-state index is -3.47. The van der Waals surface area contributed by atoms with E-state index in [4.69, 9.17) is 0 Å². The van der Waals surface area contributed by atoms with Crippen molar-refractivity contribution in [3.63, 3.8) is 0 Å². The van der Waals surface area contributed by atoms with Crippen LogP contribution in [0.4, 0.5) is 5.00 Å². The molecule has 5 nitrogen and oxygen atoms in total. The minimum Gasteiger partial charge on any atom is -0.392 e. The van der Waals surface area contributed by atoms with Crippen LogP contribution in [0, 0.1) is 0 Å². The van der Waals surface area contributed by atoms with E-state index in [1.165, 1.54) is 23.5 Å². The fraction of sp³-hybridized carbons (Fsp3) is 0.0952. The first kappa shape index (κ1) is 20.0. The SMILES string of the molecule is C=CS(=O)(=O)c1ccc(CC(=O)Nc2cc(-c3ccccc3CO)cs2)cc1. The number of thiophene rings is 1. The molecule has 0 aliphatic heterocycles. The number of hydrogen-bond donors (Lipinski definition) is 2. The maximum Gasteiger partial charge on any atom is 0.229 e. The molecule has 3 aromatic rings. The van der Waals surface area contributed by atoms with E-state index in [2.05, 4.69) is 11.9 Å². The van der Waals surface area contributed by atoms with Crippen LogP contribution in [0.3, 0.4) is 0 Å². The van der Waals surface area contributed by atoms with Crippen molar-refractivity contribution in [2.24, 2.45) is 0 Å². The van der Waals surface area contributed by atoms with Crippen molar-refractivity contribution >= 4 is 32.1 Å². The number of benzene rings is 2. The minimum absolute atomic E-state index is 0.0503. The summed E-state index contributed by atoms with van der Waals surface area (Å²) in [6, 6.07) is 15.6. The molecule has 7 heteroatoms. The van der Waals surface area contributed by atoms with Crippen molar-refractivity contribution in [1.82, 2.24) is 0 Å². The Labute approximate surface area is 167 Å². The van der Waals surface area contributed by atoms with Gasteiger partial charge in [0.2, 0.25) is 5.91 Å². The highest BCUT2D eigenvalue weighted by molar-refractivity contribution is 7.94. The molecule has 28 heavy (non-hydrogen) atoms. The van der Waals surface area contributed by atoms with Gasteiger partial charge >= 0.3 is 0 Å². The topological polar surface area (TPSA) is 83.5 Å². The Bertz CT molecular complexity index is 1100. The zero-order valence-corrected chi connectivity index (χ0v) is 16.6. The number of aliphatic hydroxyl groups excluding tert-OH is 1. The van der Waals surface area contributed by atoms with Crippen LogP contribution >= 0.6 is 11.3 Å². The molecule has 2 aromatic carbocycles. The van der Waals surface area contributed by atoms with Crippen LogP contribution < -0.4 is 5.32 Å². The summed E-state index contributed by atoms with van der Waals surface area (Å²) in [6.07, 6.45) is 0.134. The van der Waals surface area contributed by atoms with Gasteiger partial charge in [-0.25, -0.2) is 8.42 Å². The highest BCUT2D eigenvalue weighted by Gasteiger charge is 2.12. The maximum absolute atomic E-state index is 12.3. The second kappa shape index (κ2) is 8.52. The number of anilines is 1. The zero-order chi connectivity index (χ0) is 20.1. The number of rotatable bonds is 7. The van der Waals surface area contributed by atoms with Gasteiger partial charge in [0.25, 0.3) is 0 Å². The Morgan fingerprint density at radius 2 is 1.86 bits per heavy atom. The Balaban J connectivity index is 1.67. The summed E-state index contributed by atoms with van der Waals surface area (Å²) in [5.74, 6) is -0.192. The van der Waals surface area contributed by atoms with E-state index in [1.54, 1.807) is 12.1 Å². The van der Waals surface area contributed by atoms with Crippen LogP contribution in [0.25, 0.3) is 11.1 Å². The lowest BCUT2D eigenvalue weighted by Crippen LogP contribution is -2.13. The van der Waals surface area contributed by atoms with E-state index >= 15 is 0 Å². The van der Waals surface area contributed by atoms with Crippen LogP contribution in [0.5, 0.6) is 0 Å². The molecule has 3 rings (SSSR count). The molecule has 1 aromatic heterocycles. The van der Waals surface area contributed by atoms with Crippen LogP contribution in [0.1, 0.15) is 11.1 Å². The molecule has 0 fully saturated rings. The molecular weight excluding hydrogens is 394 g/mol. The molecule has 0 saturated heterocycles. The van der Waals surface area contributed by atoms with E-state index < -0.39 is 9.84 Å². The summed E-state index contributed by atoms with van der Waals surface area (Å²) < 4.78 is 23.5. The van der Waals surface area contributed by atoms with Crippen molar-refractivity contribution < 1.29 is 18.3 Å². The summed E-state index contributed by atoms with van der Waals surface area (Å²) >= 11 is 1.41. The van der Waals surface area contributed by atoms with E-state index in [0.29, 0.717) is 10.6 Å². The Morgan fingerprint density at radius 1 is 1.14 bits per heavy atom. The summed E-state index contributed by atoms with van der Waals surface area (Å²) in [5.41, 5.74) is 3.40. The number of aliphatic hydroxyl groups is 1. The maximum atomic E-state index is 12.3. The van der Waals surface area contributed by atoms with Gasteiger partial charge in [-0.05, 0) is 40.5 Å². The van der Waals surface area contributed by atoms with Gasteiger partial charge < -0.3 is 10.4 Å². The van der Waals surface area contributed by atoms with Crippen molar-refractivity contribution in [2.75, 3.05) is 5.32 Å². The third kappa shape index (κ3) is 4.56. The smallest absolute Gasteiger partial charge is 0.229 e. The van der Waals surface area contributed by atoms with Gasteiger partial charge in [0.15, 0.2) is 9.84 Å². The number of nitrogens with one attached hydrogen (secondary N) is 1. The predicted octanol–water partition coefficient (Wildman–Crippen LogP) is 4.01. The first-order valence-electron chi connectivity index (χ1n) is 8.47. The van der Waals surface area contributed by atoms with E-state index in [0.717, 1.165) is 22.1 Å². The van der Waals surface area contributed by atoms with E-state index in [9.17, 15) is 18.3 Å². The molecule has 2 N–H and O–H groups in total. The van der Waals surface area contributed by atoms with Crippen LogP contribution in [0.2, 0.25) is 0 Å². The van der Waals surface area contributed by atoms with Gasteiger partial charge in [0, 0.05) is 10.8 Å². The van der Waals surface area contributed by atoms with Gasteiger partial charge in [-0.1, -0.05) is 43.0 Å². The lowest BCUT2D eigenvalue weighted by Gasteiger charge is -2.05. The van der Waals surface area contributed by atoms with Crippen LogP contribution in [-0.2, 0) is 27.7 Å². The standard InChI is InChI=1S/C21H19NO4S2/c1-2-28(25,26)18-9-7-15(8-10-18)11-20(24)22-21-12-17(14-27-21)19-6-4-3-5-16(19)13-23/h2-10,12,14,23H,1,11,13H2,(H,22,24). The second-order valence-corrected chi connectivity index (χ2v) is 8.90. The quantitative estimate of drug-likeness (QED) is 0.613. The third-order valence-electron chi connectivity index (χ3n) is 4.20. The molecule has 0 radical (unpaired) electrons. The van der Waals surface area contributed by atoms with Crippen molar-refractivity contribution in [3.8, 4) is 11.1 Å². The summed E-state index contributed by atoms with van der Waals surface area (Å²) in [6.45, 7) is 3.25. The molecule has 0 aliphatic rings. The van der Waals surface area contributed by atoms with Crippen molar-refractivity contribution in [2.45, 2.75) is 17.9 Å². The van der Waals surface area contributed by atoms with Crippen LogP contribution in [-0.4, -0.2) is 19.4 Å². The average molecular weight is 414 g/mol. The molecule has 144 valence electrons. The van der Waals surface area contributed by atoms with Gasteiger partial charge in [-0.15, -0.1) is 11.3 Å². The first-order valence-corrected chi connectivity index (χ1v) is 10.9. The first-order chi connectivity index (χ1) is 13.4. The molecule has 0 saturated carbocycles. The Kier molecular flexibility index (Phi) is 6.08. The largest absolute Gasteiger partial charge is 0.392 e. The fourth-order valence-electron chi connectivity index (χ4n) is 2.74. The van der Waals surface area contributed by atoms with E-state index in [1.807, 2.05) is 35.7 Å². The van der Waals surface area contributed by atoms with Crippen LogP contribution in [0.15, 0.2) is 76.9 Å². The van der Waals surface area contributed by atoms with Gasteiger partial charge in [0.05, 0.1) is 22.9 Å². The summed E-state index contributed by atoms with van der Waals surface area (Å²) in [5, 5.41) is 15.9. The lowest BCUT2D eigenvalue weighted by atomic mass is 10.0. The number of amides is 1. The highest BCUT2D eigenvalue weighted by Crippen LogP contribution is 2.31. The van der Waals surface area contributed by atoms with Crippen molar-refractivity contribution in [3.05, 3.63) is 83.1 Å². The number of hydrogen-bond acceptors (Lipinski definition) is 5. The fourth-order valence-corrected chi connectivity index (χ4v) is 4.27. The summed E-state index contributed by atoms with van der Waals surface area (Å²) in [4.78, 5) is 12.5. The second-order valence-electron chi connectivity index (χ2n) is 6.10. The lowest BCUT2D eigenvalue weighted by molar-refractivity contribution is -0.115. The molecule has 0 unspecified atom stereocenters. The van der Waals surface area contributed by atoms with Gasteiger partial charge in [0.1, 0.15) is 0 Å². The van der Waals surface area contributed by atoms with Gasteiger partial charge in [-0.3, -0.25) is 4.79 Å². The molecule has 0 spiro atoms. The van der Waals surface area contributed by atoms with E-state index in [-0.39, 0.29) is 23.8 Å². The molecule has 1 heterocycles. The Morgan fingerprint density at radius 3 is 2.54 bits per heavy atom. The summed E-state index contributed by atoms with van der Waals surface area (Å²) in [7, 11) is -3.47. The third-order valence-corrected chi connectivity index (χ3v) is 6.41. The highest BCUT2D eigenvalue weighted by atomic mass is 32.2. The molecule has 0 bridgehead atoms. The number of sulfone groups is 1. The molecule has 0 aliphatic carbocycles. The number of carbonyl (C=O) groups excluding carboxylic acids is 1. The molecular formula is C21H19NO4S2. The normalized spacial score (nSPS) is 11.2. The molecule has 0 atom stereocenters.